The fraction of sp³-hybridized carbons (Fsp3) is 0.118. The van der Waals surface area contributed by atoms with E-state index in [0.717, 1.165) is 33.2 Å². The van der Waals surface area contributed by atoms with Gasteiger partial charge in [0.1, 0.15) is 0 Å². The van der Waals surface area contributed by atoms with Crippen molar-refractivity contribution in [2.45, 2.75) is 37.0 Å². The third-order valence-electron chi connectivity index (χ3n) is 6.18. The quantitative estimate of drug-likeness (QED) is 0.108. The van der Waals surface area contributed by atoms with Crippen molar-refractivity contribution in [2.24, 2.45) is 0 Å². The van der Waals surface area contributed by atoms with Crippen LogP contribution in [-0.2, 0) is 33.9 Å². The first kappa shape index (κ1) is 59.3. The molecule has 0 aliphatic rings. The predicted molar refractivity (Wildman–Crippen MR) is 255 cm³/mol. The van der Waals surface area contributed by atoms with Crippen molar-refractivity contribution < 1.29 is 29.8 Å². The van der Waals surface area contributed by atoms with Crippen molar-refractivity contribution >= 4 is 199 Å². The zero-order chi connectivity index (χ0) is 46.2. The summed E-state index contributed by atoms with van der Waals surface area (Å²) in [4.78, 5) is -0.0110. The van der Waals surface area contributed by atoms with E-state index in [-0.39, 0.29) is 24.9 Å². The van der Waals surface area contributed by atoms with Crippen molar-refractivity contribution in [3.05, 3.63) is 156 Å². The summed E-state index contributed by atoms with van der Waals surface area (Å²) in [6.45, 7) is 5.90. The molecule has 25 heteroatoms. The van der Waals surface area contributed by atoms with Crippen LogP contribution < -0.4 is 0 Å². The third-order valence-corrected chi connectivity index (χ3v) is 12.3. The second kappa shape index (κ2) is 27.6. The molecule has 7 nitrogen and oxygen atoms in total. The minimum atomic E-state index is -4.19. The molecule has 0 aromatic heterocycles. The highest BCUT2D eigenvalue weighted by Crippen LogP contribution is 2.35. The zero-order valence-corrected chi connectivity index (χ0v) is 43.3. The van der Waals surface area contributed by atoms with Gasteiger partial charge in [-0.3, -0.25) is 4.55 Å². The van der Waals surface area contributed by atoms with Crippen LogP contribution in [0.3, 0.4) is 0 Å². The van der Waals surface area contributed by atoms with Crippen molar-refractivity contribution in [1.82, 2.24) is 0 Å². The highest BCUT2D eigenvalue weighted by Gasteiger charge is 2.22. The van der Waals surface area contributed by atoms with Crippen molar-refractivity contribution in [1.29, 1.82) is 0 Å². The van der Waals surface area contributed by atoms with Gasteiger partial charge in [0, 0.05) is 57.2 Å². The van der Waals surface area contributed by atoms with Gasteiger partial charge in [-0.25, -0.2) is 8.42 Å². The largest absolute Gasteiger partial charge is 0.353 e. The number of hydrogen-bond acceptors (Lipinski definition) is 6. The van der Waals surface area contributed by atoms with Crippen LogP contribution in [0.5, 0.6) is 0 Å². The van der Waals surface area contributed by atoms with Gasteiger partial charge in [-0.1, -0.05) is 146 Å². The first-order valence-electron chi connectivity index (χ1n) is 14.9. The Labute approximate surface area is 416 Å². The van der Waals surface area contributed by atoms with Crippen molar-refractivity contribution in [3.8, 4) is 0 Å². The van der Waals surface area contributed by atoms with E-state index in [9.17, 15) is 8.42 Å². The van der Waals surface area contributed by atoms with E-state index < -0.39 is 27.4 Å². The fourth-order valence-electron chi connectivity index (χ4n) is 3.50. The molecule has 326 valence electrons. The van der Waals surface area contributed by atoms with E-state index in [4.69, 9.17) is 161 Å². The lowest BCUT2D eigenvalue weighted by atomic mass is 10.2. The Morgan fingerprint density at radius 2 is 0.797 bits per heavy atom. The number of halogens is 15. The van der Waals surface area contributed by atoms with E-state index >= 15 is 0 Å². The van der Waals surface area contributed by atoms with Crippen LogP contribution in [0.25, 0.3) is 0 Å². The summed E-state index contributed by atoms with van der Waals surface area (Å²) in [5.74, 6) is 0. The van der Waals surface area contributed by atoms with Crippen LogP contribution in [0.4, 0.5) is 0 Å². The maximum absolute atomic E-state index is 12.4. The number of hydrogen-bond donors (Lipinski definition) is 1. The lowest BCUT2D eigenvalue weighted by molar-refractivity contribution is 0.501. The summed E-state index contributed by atoms with van der Waals surface area (Å²) in [7, 11) is 0.917. The number of sulfone groups is 1. The molecule has 5 aromatic rings. The fourth-order valence-corrected chi connectivity index (χ4v) is 7.55. The average Bonchev–Trinajstić information content (AvgIpc) is 3.08. The Balaban J connectivity index is 0.000000732. The molecule has 0 fully saturated rings. The molecule has 1 N–H and O–H groups in total. The molecule has 5 rings (SSSR count). The molecular weight excluding hydrogens is 1150 g/mol. The predicted octanol–water partition coefficient (Wildman–Crippen LogP) is 17.3. The minimum absolute atomic E-state index is 0.0179. The van der Waals surface area contributed by atoms with Gasteiger partial charge in [-0.15, -0.1) is 0 Å². The molecule has 0 atom stereocenters. The Bertz CT molecular complexity index is 2430. The Morgan fingerprint density at radius 3 is 1.19 bits per heavy atom. The second-order valence-electron chi connectivity index (χ2n) is 10.6. The molecule has 59 heavy (non-hydrogen) atoms. The SMILES string of the molecule is CCc1cc(Cl)c(Cl)cc1Cl.Cc1cc(Cl)c(C)cc1Cl.Clc1ccc(Cl)c(Cl)c1.O=S(=O)(Cl)Cl.O=S(=O)(O)Cl.O=S(=O)(c1ccc(Cl)cc1)c1cc(Cl)c(Cl)cc1Cl. The maximum atomic E-state index is 12.4. The number of aryl methyl sites for hydroxylation is 3. The molecule has 0 radical (unpaired) electrons. The van der Waals surface area contributed by atoms with Gasteiger partial charge < -0.3 is 0 Å². The molecule has 0 aliphatic heterocycles. The smallest absolute Gasteiger partial charge is 0.273 e. The lowest BCUT2D eigenvalue weighted by Crippen LogP contribution is -2.02. The molecule has 0 bridgehead atoms. The highest BCUT2D eigenvalue weighted by molar-refractivity contribution is 8.31. The van der Waals surface area contributed by atoms with Crippen LogP contribution >= 0.6 is 171 Å². The standard InChI is InChI=1S/C12H6Cl4O2S.C8H7Cl3.C8H8Cl2.C6H3Cl3.Cl2O2S.ClHO3S/c13-7-1-3-8(4-2-7)19(17,18)12-6-10(15)9(14)5-11(12)16;1-2-5-3-7(10)8(11)4-6(5)9;1-5-3-8(10)6(2)4-7(5)9;7-4-1-2-5(8)6(9)3-4;2*1-5(2,3)4/h1-6H;3-4H,2H2,1H3;3-4H,1-2H3;1-3H;;(H,2,3,4). The third kappa shape index (κ3) is 25.4. The Morgan fingerprint density at radius 1 is 0.441 bits per heavy atom. The highest BCUT2D eigenvalue weighted by atomic mass is 36.0. The van der Waals surface area contributed by atoms with Crippen LogP contribution in [-0.4, -0.2) is 29.8 Å². The molecular formula is C34H25Cl15O7S3. The summed E-state index contributed by atoms with van der Waals surface area (Å²) < 4.78 is 68.3. The van der Waals surface area contributed by atoms with Gasteiger partial charge in [0.15, 0.2) is 0 Å². The van der Waals surface area contributed by atoms with Gasteiger partial charge in [0.05, 0.1) is 44.9 Å². The molecule has 0 saturated carbocycles. The summed E-state index contributed by atoms with van der Waals surface area (Å²) in [5.41, 5.74) is 3.08. The van der Waals surface area contributed by atoms with Gasteiger partial charge in [-0.05, 0) is 116 Å². The Kier molecular flexibility index (Phi) is 27.7. The van der Waals surface area contributed by atoms with Gasteiger partial charge in [0.25, 0.3) is 0 Å². The molecule has 0 amide bonds. The van der Waals surface area contributed by atoms with Crippen molar-refractivity contribution in [2.75, 3.05) is 0 Å². The van der Waals surface area contributed by atoms with Crippen LogP contribution in [0.1, 0.15) is 23.6 Å². The zero-order valence-electron chi connectivity index (χ0n) is 29.5. The summed E-state index contributed by atoms with van der Waals surface area (Å²) >= 11 is 69.0. The summed E-state index contributed by atoms with van der Waals surface area (Å²) in [5, 5.41) is 5.71. The van der Waals surface area contributed by atoms with Gasteiger partial charge >= 0.3 is 17.6 Å². The maximum Gasteiger partial charge on any atom is 0.353 e. The average molecular weight is 1170 g/mol. The second-order valence-corrected chi connectivity index (χ2v) is 23.1. The molecule has 0 heterocycles. The van der Waals surface area contributed by atoms with Crippen LogP contribution in [0, 0.1) is 13.8 Å². The molecule has 5 aromatic carbocycles. The number of benzene rings is 5. The van der Waals surface area contributed by atoms with E-state index in [2.05, 4.69) is 32.0 Å². The molecule has 0 aliphatic carbocycles. The van der Waals surface area contributed by atoms with Gasteiger partial charge in [0.2, 0.25) is 9.84 Å². The number of rotatable bonds is 3. The normalized spacial score (nSPS) is 10.8. The van der Waals surface area contributed by atoms with Crippen LogP contribution in [0.15, 0.2) is 88.7 Å². The summed E-state index contributed by atoms with van der Waals surface area (Å²) in [6, 6.07) is 20.5. The minimum Gasteiger partial charge on any atom is -0.273 e. The molecule has 0 spiro atoms. The Hall–Kier alpha value is 0.260. The molecule has 0 unspecified atom stereocenters. The first-order valence-corrected chi connectivity index (χ1v) is 26.3. The van der Waals surface area contributed by atoms with E-state index in [0.29, 0.717) is 35.2 Å². The van der Waals surface area contributed by atoms with E-state index in [1.807, 2.05) is 32.9 Å². The first-order chi connectivity index (χ1) is 26.8. The van der Waals surface area contributed by atoms with E-state index in [1.165, 1.54) is 36.4 Å². The summed E-state index contributed by atoms with van der Waals surface area (Å²) in [6.07, 6.45) is 0.871. The molecule has 0 saturated heterocycles. The van der Waals surface area contributed by atoms with Crippen LogP contribution in [0.2, 0.25) is 60.3 Å². The lowest BCUT2D eigenvalue weighted by Gasteiger charge is -2.08. The van der Waals surface area contributed by atoms with E-state index in [1.54, 1.807) is 30.3 Å². The topological polar surface area (TPSA) is 123 Å². The van der Waals surface area contributed by atoms with Gasteiger partial charge in [-0.2, -0.15) is 16.8 Å². The monoisotopic (exact) mass is 1170 g/mol. The van der Waals surface area contributed by atoms with Crippen molar-refractivity contribution in [3.63, 3.8) is 0 Å².